The SMILES string of the molecule is Nc1cc(N)c2ccn([C@@H]3CC[C@@H](CO)O3)c2n1. The zero-order valence-corrected chi connectivity index (χ0v) is 9.91. The van der Waals surface area contributed by atoms with Gasteiger partial charge in [0.25, 0.3) is 0 Å². The lowest BCUT2D eigenvalue weighted by molar-refractivity contribution is -0.0204. The van der Waals surface area contributed by atoms with Gasteiger partial charge in [-0.15, -0.1) is 0 Å². The van der Waals surface area contributed by atoms with Crippen LogP contribution in [0.2, 0.25) is 0 Å². The number of anilines is 2. The highest BCUT2D eigenvalue weighted by Crippen LogP contribution is 2.32. The Labute approximate surface area is 104 Å². The maximum Gasteiger partial charge on any atom is 0.146 e. The molecule has 6 heteroatoms. The first-order chi connectivity index (χ1) is 8.69. The van der Waals surface area contributed by atoms with Gasteiger partial charge in [0, 0.05) is 23.3 Å². The van der Waals surface area contributed by atoms with Crippen molar-refractivity contribution in [3.63, 3.8) is 0 Å². The molecule has 0 saturated carbocycles. The van der Waals surface area contributed by atoms with Crippen molar-refractivity contribution in [1.29, 1.82) is 0 Å². The normalized spacial score (nSPS) is 23.8. The van der Waals surface area contributed by atoms with Gasteiger partial charge in [-0.1, -0.05) is 0 Å². The van der Waals surface area contributed by atoms with E-state index in [9.17, 15) is 0 Å². The molecule has 0 aliphatic carbocycles. The van der Waals surface area contributed by atoms with Crippen molar-refractivity contribution in [3.8, 4) is 0 Å². The molecule has 18 heavy (non-hydrogen) atoms. The molecule has 1 aliphatic heterocycles. The van der Waals surface area contributed by atoms with E-state index < -0.39 is 0 Å². The second kappa shape index (κ2) is 4.15. The van der Waals surface area contributed by atoms with Crippen LogP contribution in [0.5, 0.6) is 0 Å². The molecule has 1 aliphatic rings. The fourth-order valence-electron chi connectivity index (χ4n) is 2.43. The molecule has 0 radical (unpaired) electrons. The molecule has 0 aromatic carbocycles. The molecule has 96 valence electrons. The molecule has 6 nitrogen and oxygen atoms in total. The van der Waals surface area contributed by atoms with Crippen molar-refractivity contribution in [2.24, 2.45) is 0 Å². The third-order valence-electron chi connectivity index (χ3n) is 3.34. The molecule has 0 spiro atoms. The molecule has 5 N–H and O–H groups in total. The molecule has 2 aromatic rings. The van der Waals surface area contributed by atoms with Gasteiger partial charge in [-0.2, -0.15) is 0 Å². The minimum Gasteiger partial charge on any atom is -0.398 e. The van der Waals surface area contributed by atoms with E-state index in [2.05, 4.69) is 4.98 Å². The number of aromatic nitrogens is 2. The van der Waals surface area contributed by atoms with E-state index in [1.807, 2.05) is 16.8 Å². The summed E-state index contributed by atoms with van der Waals surface area (Å²) in [6.07, 6.45) is 3.40. The van der Waals surface area contributed by atoms with Crippen LogP contribution in [0.4, 0.5) is 11.5 Å². The minimum atomic E-state index is -0.103. The molecule has 1 fully saturated rings. The molecule has 2 aromatic heterocycles. The molecular formula is C12H16N4O2. The summed E-state index contributed by atoms with van der Waals surface area (Å²) in [5.41, 5.74) is 13.0. The standard InChI is InChI=1S/C12H16N4O2/c13-9-5-10(14)15-12-8(9)3-4-16(12)11-2-1-7(6-17)18-11/h3-5,7,11,17H,1-2,6H2,(H4,13,14,15)/t7-,11-/m0/s1. The maximum atomic E-state index is 9.09. The number of nitrogens with two attached hydrogens (primary N) is 2. The van der Waals surface area contributed by atoms with Crippen molar-refractivity contribution in [2.45, 2.75) is 25.2 Å². The number of hydrogen-bond acceptors (Lipinski definition) is 5. The van der Waals surface area contributed by atoms with Gasteiger partial charge in [0.15, 0.2) is 0 Å². The topological polar surface area (TPSA) is 99.3 Å². The molecule has 2 atom stereocenters. The van der Waals surface area contributed by atoms with Crippen LogP contribution in [0.3, 0.4) is 0 Å². The zero-order chi connectivity index (χ0) is 12.7. The largest absolute Gasteiger partial charge is 0.398 e. The van der Waals surface area contributed by atoms with E-state index in [1.165, 1.54) is 0 Å². The van der Waals surface area contributed by atoms with Gasteiger partial charge < -0.3 is 25.9 Å². The number of ether oxygens (including phenoxy) is 1. The van der Waals surface area contributed by atoms with E-state index in [-0.39, 0.29) is 18.9 Å². The lowest BCUT2D eigenvalue weighted by Crippen LogP contribution is -2.14. The number of pyridine rings is 1. The number of nitrogen functional groups attached to an aromatic ring is 2. The number of hydrogen-bond donors (Lipinski definition) is 3. The first kappa shape index (κ1) is 11.3. The van der Waals surface area contributed by atoms with Crippen LogP contribution in [-0.4, -0.2) is 27.4 Å². The summed E-state index contributed by atoms with van der Waals surface area (Å²) >= 11 is 0. The smallest absolute Gasteiger partial charge is 0.146 e. The van der Waals surface area contributed by atoms with Crippen LogP contribution < -0.4 is 11.5 Å². The summed E-state index contributed by atoms with van der Waals surface area (Å²) in [4.78, 5) is 4.31. The Morgan fingerprint density at radius 1 is 1.44 bits per heavy atom. The Morgan fingerprint density at radius 3 is 3.00 bits per heavy atom. The summed E-state index contributed by atoms with van der Waals surface area (Å²) in [5, 5.41) is 9.97. The van der Waals surface area contributed by atoms with Gasteiger partial charge in [0.05, 0.1) is 12.7 Å². The summed E-state index contributed by atoms with van der Waals surface area (Å²) in [6, 6.07) is 3.56. The average Bonchev–Trinajstić information content (AvgIpc) is 2.93. The molecule has 3 heterocycles. The quantitative estimate of drug-likeness (QED) is 0.732. The van der Waals surface area contributed by atoms with E-state index in [1.54, 1.807) is 6.07 Å². The van der Waals surface area contributed by atoms with Gasteiger partial charge in [-0.25, -0.2) is 4.98 Å². The second-order valence-corrected chi connectivity index (χ2v) is 4.57. The van der Waals surface area contributed by atoms with E-state index >= 15 is 0 Å². The van der Waals surface area contributed by atoms with E-state index in [0.717, 1.165) is 23.9 Å². The van der Waals surface area contributed by atoms with Crippen LogP contribution in [0.1, 0.15) is 19.1 Å². The molecule has 0 amide bonds. The Balaban J connectivity index is 2.03. The summed E-state index contributed by atoms with van der Waals surface area (Å²) in [5.74, 6) is 0.400. The third-order valence-corrected chi connectivity index (χ3v) is 3.34. The van der Waals surface area contributed by atoms with Crippen LogP contribution in [0.15, 0.2) is 18.3 Å². The predicted molar refractivity (Wildman–Crippen MR) is 68.8 cm³/mol. The molecular weight excluding hydrogens is 232 g/mol. The first-order valence-corrected chi connectivity index (χ1v) is 5.98. The van der Waals surface area contributed by atoms with Crippen molar-refractivity contribution in [2.75, 3.05) is 18.1 Å². The van der Waals surface area contributed by atoms with Crippen LogP contribution in [0, 0.1) is 0 Å². The highest BCUT2D eigenvalue weighted by atomic mass is 16.5. The number of rotatable bonds is 2. The number of nitrogens with zero attached hydrogens (tertiary/aromatic N) is 2. The van der Waals surface area contributed by atoms with E-state index in [4.69, 9.17) is 21.3 Å². The van der Waals surface area contributed by atoms with Crippen molar-refractivity contribution < 1.29 is 9.84 Å². The fourth-order valence-corrected chi connectivity index (χ4v) is 2.43. The van der Waals surface area contributed by atoms with Crippen LogP contribution in [-0.2, 0) is 4.74 Å². The second-order valence-electron chi connectivity index (χ2n) is 4.57. The summed E-state index contributed by atoms with van der Waals surface area (Å²) in [6.45, 7) is 0.0490. The Bertz CT molecular complexity index is 581. The molecule has 3 rings (SSSR count). The Morgan fingerprint density at radius 2 is 2.28 bits per heavy atom. The lowest BCUT2D eigenvalue weighted by Gasteiger charge is -2.15. The minimum absolute atomic E-state index is 0.0490. The average molecular weight is 248 g/mol. The van der Waals surface area contributed by atoms with Crippen molar-refractivity contribution >= 4 is 22.5 Å². The van der Waals surface area contributed by atoms with Crippen molar-refractivity contribution in [3.05, 3.63) is 18.3 Å². The summed E-state index contributed by atoms with van der Waals surface area (Å²) < 4.78 is 7.66. The number of aliphatic hydroxyl groups is 1. The molecule has 1 saturated heterocycles. The lowest BCUT2D eigenvalue weighted by atomic mass is 10.2. The van der Waals surface area contributed by atoms with Crippen molar-refractivity contribution in [1.82, 2.24) is 9.55 Å². The highest BCUT2D eigenvalue weighted by Gasteiger charge is 2.27. The zero-order valence-electron chi connectivity index (χ0n) is 9.91. The third kappa shape index (κ3) is 1.70. The Hall–Kier alpha value is -1.79. The first-order valence-electron chi connectivity index (χ1n) is 5.98. The maximum absolute atomic E-state index is 9.09. The Kier molecular flexibility index (Phi) is 2.61. The van der Waals surface area contributed by atoms with Crippen LogP contribution >= 0.6 is 0 Å². The molecule has 0 bridgehead atoms. The fraction of sp³-hybridized carbons (Fsp3) is 0.417. The van der Waals surface area contributed by atoms with Gasteiger partial charge in [-0.3, -0.25) is 0 Å². The highest BCUT2D eigenvalue weighted by molar-refractivity contribution is 5.90. The monoisotopic (exact) mass is 248 g/mol. The van der Waals surface area contributed by atoms with Gasteiger partial charge in [0.1, 0.15) is 17.7 Å². The molecule has 0 unspecified atom stereocenters. The van der Waals surface area contributed by atoms with Gasteiger partial charge in [-0.05, 0) is 18.9 Å². The van der Waals surface area contributed by atoms with Gasteiger partial charge in [0.2, 0.25) is 0 Å². The van der Waals surface area contributed by atoms with Crippen LogP contribution in [0.25, 0.3) is 11.0 Å². The van der Waals surface area contributed by atoms with E-state index in [0.29, 0.717) is 11.5 Å². The predicted octanol–water partition coefficient (Wildman–Crippen LogP) is 0.871. The number of aliphatic hydroxyl groups excluding tert-OH is 1. The van der Waals surface area contributed by atoms with Gasteiger partial charge >= 0.3 is 0 Å². The number of fused-ring (bicyclic) bond motifs is 1. The summed E-state index contributed by atoms with van der Waals surface area (Å²) in [7, 11) is 0.